The van der Waals surface area contributed by atoms with Gasteiger partial charge in [-0.25, -0.2) is 0 Å². The van der Waals surface area contributed by atoms with Crippen molar-refractivity contribution in [2.24, 2.45) is 0 Å². The standard InChI is InChI=1S/C14H12ClN5O2S2/c1-2-23-14-20-19-13(24-14)16-12(22)10-6-9(17-18-10)8-5-7(15)3-4-11(8)21/h3-6,21H,2H2,1H3,(H,17,18)(H,16,19,22). The summed E-state index contributed by atoms with van der Waals surface area (Å²) in [7, 11) is 0. The van der Waals surface area contributed by atoms with Crippen LogP contribution >= 0.6 is 34.7 Å². The third-order valence-corrected chi connectivity index (χ3v) is 5.04. The zero-order chi connectivity index (χ0) is 17.1. The molecule has 0 spiro atoms. The number of aromatic hydroxyl groups is 1. The van der Waals surface area contributed by atoms with Crippen molar-refractivity contribution in [3.05, 3.63) is 35.0 Å². The van der Waals surface area contributed by atoms with Crippen molar-refractivity contribution in [2.45, 2.75) is 11.3 Å². The Hall–Kier alpha value is -2.10. The second kappa shape index (κ2) is 7.20. The lowest BCUT2D eigenvalue weighted by Crippen LogP contribution is -2.12. The Morgan fingerprint density at radius 3 is 3.04 bits per heavy atom. The molecule has 0 radical (unpaired) electrons. The van der Waals surface area contributed by atoms with Gasteiger partial charge in [0.1, 0.15) is 11.4 Å². The van der Waals surface area contributed by atoms with E-state index in [4.69, 9.17) is 11.6 Å². The van der Waals surface area contributed by atoms with Gasteiger partial charge in [0.2, 0.25) is 5.13 Å². The Labute approximate surface area is 150 Å². The van der Waals surface area contributed by atoms with Crippen LogP contribution in [0.25, 0.3) is 11.3 Å². The van der Waals surface area contributed by atoms with E-state index in [0.717, 1.165) is 10.1 Å². The molecule has 1 amide bonds. The van der Waals surface area contributed by atoms with Gasteiger partial charge in [-0.15, -0.1) is 10.2 Å². The summed E-state index contributed by atoms with van der Waals surface area (Å²) in [4.78, 5) is 12.2. The number of hydrogen-bond acceptors (Lipinski definition) is 7. The van der Waals surface area contributed by atoms with Crippen LogP contribution in [0.4, 0.5) is 5.13 Å². The summed E-state index contributed by atoms with van der Waals surface area (Å²) in [6.07, 6.45) is 0. The molecular formula is C14H12ClN5O2S2. The quantitative estimate of drug-likeness (QED) is 0.460. The van der Waals surface area contributed by atoms with Crippen LogP contribution in [0.15, 0.2) is 28.6 Å². The van der Waals surface area contributed by atoms with Crippen molar-refractivity contribution in [3.8, 4) is 17.0 Å². The lowest BCUT2D eigenvalue weighted by molar-refractivity contribution is 0.102. The molecule has 10 heteroatoms. The van der Waals surface area contributed by atoms with Gasteiger partial charge in [-0.1, -0.05) is 41.6 Å². The van der Waals surface area contributed by atoms with Crippen molar-refractivity contribution in [2.75, 3.05) is 11.1 Å². The Morgan fingerprint density at radius 1 is 1.42 bits per heavy atom. The van der Waals surface area contributed by atoms with Crippen LogP contribution in [0.1, 0.15) is 17.4 Å². The highest BCUT2D eigenvalue weighted by Crippen LogP contribution is 2.31. The van der Waals surface area contributed by atoms with E-state index >= 15 is 0 Å². The summed E-state index contributed by atoms with van der Waals surface area (Å²) in [5.74, 6) is 0.526. The van der Waals surface area contributed by atoms with Crippen LogP contribution in [-0.2, 0) is 0 Å². The number of aromatic nitrogens is 4. The van der Waals surface area contributed by atoms with E-state index in [1.54, 1.807) is 23.9 Å². The summed E-state index contributed by atoms with van der Waals surface area (Å²) < 4.78 is 0.793. The average molecular weight is 382 g/mol. The second-order valence-electron chi connectivity index (χ2n) is 4.59. The molecule has 2 aromatic heterocycles. The fraction of sp³-hybridized carbons (Fsp3) is 0.143. The Bertz CT molecular complexity index is 880. The summed E-state index contributed by atoms with van der Waals surface area (Å²) >= 11 is 8.79. The third-order valence-electron chi connectivity index (χ3n) is 2.95. The van der Waals surface area contributed by atoms with Gasteiger partial charge in [0.25, 0.3) is 5.91 Å². The number of halogens is 1. The minimum absolute atomic E-state index is 0.0308. The van der Waals surface area contributed by atoms with Crippen LogP contribution in [0.3, 0.4) is 0 Å². The minimum Gasteiger partial charge on any atom is -0.507 e. The first-order valence-corrected chi connectivity index (χ1v) is 9.06. The first-order chi connectivity index (χ1) is 11.6. The Morgan fingerprint density at radius 2 is 2.25 bits per heavy atom. The number of anilines is 1. The van der Waals surface area contributed by atoms with Gasteiger partial charge in [0, 0.05) is 10.6 Å². The molecule has 124 valence electrons. The van der Waals surface area contributed by atoms with Crippen LogP contribution in [0, 0.1) is 0 Å². The number of hydrogen-bond donors (Lipinski definition) is 3. The second-order valence-corrected chi connectivity index (χ2v) is 7.51. The largest absolute Gasteiger partial charge is 0.507 e. The monoisotopic (exact) mass is 381 g/mol. The molecule has 0 fully saturated rings. The lowest BCUT2D eigenvalue weighted by atomic mass is 10.1. The number of rotatable bonds is 5. The molecule has 0 aliphatic carbocycles. The number of nitrogens with zero attached hydrogens (tertiary/aromatic N) is 3. The molecule has 0 aliphatic heterocycles. The summed E-state index contributed by atoms with van der Waals surface area (Å²) in [6, 6.07) is 6.15. The Kier molecular flexibility index (Phi) is 5.03. The number of H-pyrrole nitrogens is 1. The molecular weight excluding hydrogens is 370 g/mol. The zero-order valence-electron chi connectivity index (χ0n) is 12.4. The van der Waals surface area contributed by atoms with Gasteiger partial charge in [0.15, 0.2) is 4.34 Å². The summed E-state index contributed by atoms with van der Waals surface area (Å²) in [6.45, 7) is 2.02. The topological polar surface area (TPSA) is 104 Å². The molecule has 0 unspecified atom stereocenters. The van der Waals surface area contributed by atoms with E-state index in [0.29, 0.717) is 21.4 Å². The van der Waals surface area contributed by atoms with Crippen molar-refractivity contribution < 1.29 is 9.90 Å². The number of carbonyl (C=O) groups excluding carboxylic acids is 1. The van der Waals surface area contributed by atoms with Crippen molar-refractivity contribution in [1.29, 1.82) is 0 Å². The van der Waals surface area contributed by atoms with Gasteiger partial charge < -0.3 is 5.11 Å². The fourth-order valence-electron chi connectivity index (χ4n) is 1.90. The first-order valence-electron chi connectivity index (χ1n) is 6.88. The SMILES string of the molecule is CCSc1nnc(NC(=O)c2cc(-c3cc(Cl)ccc3O)n[nH]2)s1. The van der Waals surface area contributed by atoms with Gasteiger partial charge >= 0.3 is 0 Å². The molecule has 7 nitrogen and oxygen atoms in total. The van der Waals surface area contributed by atoms with E-state index in [1.165, 1.54) is 23.5 Å². The maximum Gasteiger partial charge on any atom is 0.275 e. The third kappa shape index (κ3) is 3.69. The highest BCUT2D eigenvalue weighted by atomic mass is 35.5. The predicted molar refractivity (Wildman–Crippen MR) is 95.0 cm³/mol. The molecule has 3 rings (SSSR count). The first kappa shape index (κ1) is 16.7. The lowest BCUT2D eigenvalue weighted by Gasteiger charge is -2.00. The van der Waals surface area contributed by atoms with E-state index in [-0.39, 0.29) is 17.4 Å². The molecule has 0 atom stereocenters. The number of aromatic amines is 1. The molecule has 24 heavy (non-hydrogen) atoms. The number of nitrogens with one attached hydrogen (secondary N) is 2. The summed E-state index contributed by atoms with van der Waals surface area (Å²) in [5.41, 5.74) is 1.10. The highest BCUT2D eigenvalue weighted by Gasteiger charge is 2.15. The van der Waals surface area contributed by atoms with E-state index in [2.05, 4.69) is 25.7 Å². The number of amides is 1. The predicted octanol–water partition coefficient (Wildman–Crippen LogP) is 3.65. The molecule has 0 bridgehead atoms. The summed E-state index contributed by atoms with van der Waals surface area (Å²) in [5, 5.41) is 28.0. The van der Waals surface area contributed by atoms with E-state index < -0.39 is 0 Å². The van der Waals surface area contributed by atoms with E-state index in [1.807, 2.05) is 6.92 Å². The molecule has 0 aliphatic rings. The van der Waals surface area contributed by atoms with Gasteiger partial charge in [-0.2, -0.15) is 5.10 Å². The molecule has 3 N–H and O–H groups in total. The molecule has 2 heterocycles. The number of thioether (sulfide) groups is 1. The number of benzene rings is 1. The molecule has 3 aromatic rings. The van der Waals surface area contributed by atoms with Crippen molar-refractivity contribution >= 4 is 45.7 Å². The van der Waals surface area contributed by atoms with Crippen LogP contribution in [0.2, 0.25) is 5.02 Å². The maximum atomic E-state index is 12.2. The highest BCUT2D eigenvalue weighted by molar-refractivity contribution is 8.01. The smallest absolute Gasteiger partial charge is 0.275 e. The van der Waals surface area contributed by atoms with Crippen LogP contribution < -0.4 is 5.32 Å². The molecule has 0 saturated carbocycles. The zero-order valence-corrected chi connectivity index (χ0v) is 14.8. The fourth-order valence-corrected chi connectivity index (χ4v) is 3.71. The maximum absolute atomic E-state index is 12.2. The van der Waals surface area contributed by atoms with Gasteiger partial charge in [-0.05, 0) is 30.0 Å². The van der Waals surface area contributed by atoms with Gasteiger partial charge in [-0.3, -0.25) is 15.2 Å². The van der Waals surface area contributed by atoms with Crippen molar-refractivity contribution in [1.82, 2.24) is 20.4 Å². The molecule has 0 saturated heterocycles. The Balaban J connectivity index is 1.77. The van der Waals surface area contributed by atoms with Crippen molar-refractivity contribution in [3.63, 3.8) is 0 Å². The molecule has 1 aromatic carbocycles. The van der Waals surface area contributed by atoms with Crippen LogP contribution in [0.5, 0.6) is 5.75 Å². The van der Waals surface area contributed by atoms with Gasteiger partial charge in [0.05, 0.1) is 5.69 Å². The minimum atomic E-state index is -0.389. The number of phenolic OH excluding ortho intramolecular Hbond substituents is 1. The average Bonchev–Trinajstić information content (AvgIpc) is 3.20. The normalized spacial score (nSPS) is 10.8. The number of carbonyl (C=O) groups is 1. The van der Waals surface area contributed by atoms with E-state index in [9.17, 15) is 9.90 Å². The van der Waals surface area contributed by atoms with Crippen LogP contribution in [-0.4, -0.2) is 37.2 Å². The number of phenols is 1.